The van der Waals surface area contributed by atoms with Crippen LogP contribution in [0.5, 0.6) is 5.88 Å². The van der Waals surface area contributed by atoms with Crippen LogP contribution in [0, 0.1) is 6.92 Å². The first-order valence-corrected chi connectivity index (χ1v) is 3.16. The number of methoxy groups -OCH3 is 1. The second-order valence-corrected chi connectivity index (χ2v) is 2.48. The number of hydrogen-bond acceptors (Lipinski definition) is 3. The van der Waals surface area contributed by atoms with Gasteiger partial charge in [0.25, 0.3) is 0 Å². The average Bonchev–Trinajstić information content (AvgIpc) is 2.14. The van der Waals surface area contributed by atoms with Crippen LogP contribution >= 0.6 is 11.3 Å². The molecule has 0 aromatic carbocycles. The molecule has 44 valence electrons. The molecule has 0 aliphatic carbocycles. The Morgan fingerprint density at radius 1 is 1.75 bits per heavy atom. The van der Waals surface area contributed by atoms with Crippen molar-refractivity contribution in [2.75, 3.05) is 7.11 Å². The van der Waals surface area contributed by atoms with Gasteiger partial charge < -0.3 is 4.74 Å². The van der Waals surface area contributed by atoms with Crippen molar-refractivity contribution in [3.05, 3.63) is 10.4 Å². The Kier molecular flexibility index (Phi) is 1.48. The molecule has 1 aromatic heterocycles. The number of aryl methyl sites for hydroxylation is 1. The van der Waals surface area contributed by atoms with Crippen molar-refractivity contribution in [3.8, 4) is 5.88 Å². The molecule has 0 aliphatic rings. The van der Waals surface area contributed by atoms with E-state index in [1.54, 1.807) is 24.0 Å². The molecule has 2 nitrogen and oxygen atoms in total. The van der Waals surface area contributed by atoms with Gasteiger partial charge in [-0.2, -0.15) is 0 Å². The van der Waals surface area contributed by atoms with Crippen molar-refractivity contribution < 1.29 is 4.74 Å². The summed E-state index contributed by atoms with van der Waals surface area (Å²) in [5, 5.41) is 0. The van der Waals surface area contributed by atoms with Crippen LogP contribution in [0.25, 0.3) is 0 Å². The molecule has 0 atom stereocenters. The predicted molar refractivity (Wildman–Crippen MR) is 33.4 cm³/mol. The minimum absolute atomic E-state index is 0.745. The second-order valence-electron chi connectivity index (χ2n) is 1.42. The zero-order chi connectivity index (χ0) is 5.98. The fourth-order valence-electron chi connectivity index (χ4n) is 0.491. The lowest BCUT2D eigenvalue weighted by Gasteiger charge is -1.90. The summed E-state index contributed by atoms with van der Waals surface area (Å²) in [4.78, 5) is 5.06. The van der Waals surface area contributed by atoms with Gasteiger partial charge in [-0.15, -0.1) is 11.3 Å². The van der Waals surface area contributed by atoms with Crippen LogP contribution in [0.15, 0.2) is 5.51 Å². The molecule has 0 aliphatic heterocycles. The third kappa shape index (κ3) is 0.816. The summed E-state index contributed by atoms with van der Waals surface area (Å²) in [6.07, 6.45) is 0. The van der Waals surface area contributed by atoms with Crippen molar-refractivity contribution in [1.29, 1.82) is 0 Å². The summed E-state index contributed by atoms with van der Waals surface area (Å²) >= 11 is 1.59. The van der Waals surface area contributed by atoms with Gasteiger partial charge in [0.15, 0.2) is 0 Å². The molecule has 1 heterocycles. The van der Waals surface area contributed by atoms with Crippen LogP contribution in [0.4, 0.5) is 0 Å². The molecule has 0 spiro atoms. The predicted octanol–water partition coefficient (Wildman–Crippen LogP) is 1.46. The van der Waals surface area contributed by atoms with Gasteiger partial charge in [-0.3, -0.25) is 0 Å². The Hall–Kier alpha value is -0.570. The number of nitrogens with zero attached hydrogens (tertiary/aromatic N) is 1. The van der Waals surface area contributed by atoms with E-state index in [-0.39, 0.29) is 0 Å². The van der Waals surface area contributed by atoms with Crippen LogP contribution < -0.4 is 4.74 Å². The number of thiazole rings is 1. The Bertz CT molecular complexity index is 173. The van der Waals surface area contributed by atoms with Gasteiger partial charge in [0.2, 0.25) is 5.88 Å². The lowest BCUT2D eigenvalue weighted by Crippen LogP contribution is -1.82. The maximum atomic E-state index is 4.88. The highest BCUT2D eigenvalue weighted by atomic mass is 32.1. The van der Waals surface area contributed by atoms with E-state index in [2.05, 4.69) is 4.98 Å². The van der Waals surface area contributed by atoms with E-state index in [0.717, 1.165) is 10.8 Å². The molecule has 8 heavy (non-hydrogen) atoms. The van der Waals surface area contributed by atoms with E-state index in [4.69, 9.17) is 4.74 Å². The highest BCUT2D eigenvalue weighted by Gasteiger charge is 1.96. The molecular weight excluding hydrogens is 122 g/mol. The highest BCUT2D eigenvalue weighted by Crippen LogP contribution is 2.17. The third-order valence-corrected chi connectivity index (χ3v) is 1.63. The Balaban J connectivity index is 2.92. The van der Waals surface area contributed by atoms with Crippen LogP contribution in [-0.2, 0) is 0 Å². The lowest BCUT2D eigenvalue weighted by atomic mass is 10.6. The van der Waals surface area contributed by atoms with E-state index in [0.29, 0.717) is 0 Å². The Morgan fingerprint density at radius 2 is 2.50 bits per heavy atom. The first-order valence-electron chi connectivity index (χ1n) is 2.28. The van der Waals surface area contributed by atoms with Crippen molar-refractivity contribution >= 4 is 11.3 Å². The third-order valence-electron chi connectivity index (χ3n) is 0.894. The molecule has 0 amide bonds. The molecule has 0 saturated heterocycles. The van der Waals surface area contributed by atoms with Gasteiger partial charge in [-0.05, 0) is 6.92 Å². The van der Waals surface area contributed by atoms with Crippen LogP contribution in [0.3, 0.4) is 0 Å². The molecule has 3 heteroatoms. The van der Waals surface area contributed by atoms with Gasteiger partial charge in [-0.25, -0.2) is 4.98 Å². The van der Waals surface area contributed by atoms with Crippen LogP contribution in [0.2, 0.25) is 0 Å². The van der Waals surface area contributed by atoms with Crippen molar-refractivity contribution in [3.63, 3.8) is 0 Å². The topological polar surface area (TPSA) is 22.1 Å². The second kappa shape index (κ2) is 2.13. The number of ether oxygens (including phenoxy) is 1. The van der Waals surface area contributed by atoms with Crippen molar-refractivity contribution in [2.24, 2.45) is 0 Å². The minimum Gasteiger partial charge on any atom is -0.480 e. The zero-order valence-electron chi connectivity index (χ0n) is 4.84. The number of rotatable bonds is 1. The maximum Gasteiger partial charge on any atom is 0.227 e. The van der Waals surface area contributed by atoms with Gasteiger partial charge >= 0.3 is 0 Å². The van der Waals surface area contributed by atoms with Gasteiger partial charge in [0, 0.05) is 0 Å². The fraction of sp³-hybridized carbons (Fsp3) is 0.400. The standard InChI is InChI=1S/C5H7NOS/c1-4-5(7-2)6-3-8-4/h3H,1-2H3. The van der Waals surface area contributed by atoms with Gasteiger partial charge in [0.05, 0.1) is 17.5 Å². The highest BCUT2D eigenvalue weighted by molar-refractivity contribution is 7.09. The molecule has 0 N–H and O–H groups in total. The lowest BCUT2D eigenvalue weighted by molar-refractivity contribution is 0.398. The minimum atomic E-state index is 0.745. The summed E-state index contributed by atoms with van der Waals surface area (Å²) in [5.74, 6) is 0.745. The SMILES string of the molecule is COc1ncsc1C. The molecule has 0 saturated carbocycles. The maximum absolute atomic E-state index is 4.88. The molecule has 0 radical (unpaired) electrons. The Morgan fingerprint density at radius 3 is 2.75 bits per heavy atom. The fourth-order valence-corrected chi connectivity index (χ4v) is 1.03. The largest absolute Gasteiger partial charge is 0.480 e. The monoisotopic (exact) mass is 129 g/mol. The first kappa shape index (κ1) is 5.56. The molecule has 1 rings (SSSR count). The van der Waals surface area contributed by atoms with Crippen LogP contribution in [0.1, 0.15) is 4.88 Å². The zero-order valence-corrected chi connectivity index (χ0v) is 5.66. The first-order chi connectivity index (χ1) is 3.84. The molecular formula is C5H7NOS. The number of aromatic nitrogens is 1. The molecule has 0 unspecified atom stereocenters. The van der Waals surface area contributed by atoms with Crippen molar-refractivity contribution in [1.82, 2.24) is 4.98 Å². The smallest absolute Gasteiger partial charge is 0.227 e. The summed E-state index contributed by atoms with van der Waals surface area (Å²) in [6.45, 7) is 1.98. The van der Waals surface area contributed by atoms with E-state index in [1.807, 2.05) is 6.92 Å². The summed E-state index contributed by atoms with van der Waals surface area (Å²) in [7, 11) is 1.63. The molecule has 0 bridgehead atoms. The summed E-state index contributed by atoms with van der Waals surface area (Å²) in [6, 6.07) is 0. The summed E-state index contributed by atoms with van der Waals surface area (Å²) in [5.41, 5.74) is 1.77. The quantitative estimate of drug-likeness (QED) is 0.572. The van der Waals surface area contributed by atoms with Crippen LogP contribution in [-0.4, -0.2) is 12.1 Å². The van der Waals surface area contributed by atoms with Crippen molar-refractivity contribution in [2.45, 2.75) is 6.92 Å². The van der Waals surface area contributed by atoms with E-state index >= 15 is 0 Å². The van der Waals surface area contributed by atoms with Gasteiger partial charge in [-0.1, -0.05) is 0 Å². The van der Waals surface area contributed by atoms with E-state index < -0.39 is 0 Å². The normalized spacial score (nSPS) is 9.25. The summed E-state index contributed by atoms with van der Waals surface area (Å²) < 4.78 is 4.88. The average molecular weight is 129 g/mol. The van der Waals surface area contributed by atoms with E-state index in [9.17, 15) is 0 Å². The Labute approximate surface area is 52.1 Å². The van der Waals surface area contributed by atoms with E-state index in [1.165, 1.54) is 0 Å². The molecule has 1 aromatic rings. The van der Waals surface area contributed by atoms with Gasteiger partial charge in [0.1, 0.15) is 0 Å². The number of hydrogen-bond donors (Lipinski definition) is 0. The molecule has 0 fully saturated rings.